The SMILES string of the molecule is CC[C@@H](Oc1ccccc1OC)C(=O)Nc1ccc(I)cc1C. The second kappa shape index (κ2) is 8.19. The number of para-hydroxylation sites is 2. The van der Waals surface area contributed by atoms with Crippen molar-refractivity contribution in [1.29, 1.82) is 0 Å². The summed E-state index contributed by atoms with van der Waals surface area (Å²) in [5.74, 6) is 1.02. The normalized spacial score (nSPS) is 11.7. The Morgan fingerprint density at radius 1 is 1.22 bits per heavy atom. The summed E-state index contributed by atoms with van der Waals surface area (Å²) in [7, 11) is 1.58. The molecule has 0 bridgehead atoms. The predicted octanol–water partition coefficient (Wildman–Crippen LogP) is 4.40. The molecule has 0 aliphatic heterocycles. The Labute approximate surface area is 150 Å². The van der Waals surface area contributed by atoms with Crippen molar-refractivity contribution < 1.29 is 14.3 Å². The van der Waals surface area contributed by atoms with Crippen LogP contribution in [0.1, 0.15) is 18.9 Å². The minimum Gasteiger partial charge on any atom is -0.493 e. The molecule has 0 aliphatic carbocycles. The van der Waals surface area contributed by atoms with Gasteiger partial charge in [-0.2, -0.15) is 0 Å². The highest BCUT2D eigenvalue weighted by molar-refractivity contribution is 14.1. The average molecular weight is 425 g/mol. The van der Waals surface area contributed by atoms with Crippen molar-refractivity contribution in [1.82, 2.24) is 0 Å². The Morgan fingerprint density at radius 2 is 1.91 bits per heavy atom. The van der Waals surface area contributed by atoms with Crippen LogP contribution >= 0.6 is 22.6 Å². The Balaban J connectivity index is 2.12. The highest BCUT2D eigenvalue weighted by Gasteiger charge is 2.20. The van der Waals surface area contributed by atoms with E-state index in [0.29, 0.717) is 17.9 Å². The number of aryl methyl sites for hydroxylation is 1. The lowest BCUT2D eigenvalue weighted by Gasteiger charge is -2.19. The van der Waals surface area contributed by atoms with Gasteiger partial charge in [0.2, 0.25) is 0 Å². The van der Waals surface area contributed by atoms with Crippen LogP contribution in [0.15, 0.2) is 42.5 Å². The van der Waals surface area contributed by atoms with E-state index in [4.69, 9.17) is 9.47 Å². The molecule has 1 amide bonds. The summed E-state index contributed by atoms with van der Waals surface area (Å²) < 4.78 is 12.2. The summed E-state index contributed by atoms with van der Waals surface area (Å²) in [6.45, 7) is 3.89. The van der Waals surface area contributed by atoms with E-state index in [1.54, 1.807) is 13.2 Å². The number of hydrogen-bond acceptors (Lipinski definition) is 3. The van der Waals surface area contributed by atoms with Gasteiger partial charge in [-0.25, -0.2) is 0 Å². The third-order valence-corrected chi connectivity index (χ3v) is 4.12. The van der Waals surface area contributed by atoms with Gasteiger partial charge >= 0.3 is 0 Å². The molecule has 0 aromatic heterocycles. The number of methoxy groups -OCH3 is 1. The van der Waals surface area contributed by atoms with Crippen LogP contribution in [0.3, 0.4) is 0 Å². The first-order valence-electron chi connectivity index (χ1n) is 7.41. The number of anilines is 1. The number of carbonyl (C=O) groups is 1. The molecule has 23 heavy (non-hydrogen) atoms. The molecule has 1 atom stereocenters. The average Bonchev–Trinajstić information content (AvgIpc) is 2.55. The van der Waals surface area contributed by atoms with E-state index in [0.717, 1.165) is 14.8 Å². The fourth-order valence-electron chi connectivity index (χ4n) is 2.17. The van der Waals surface area contributed by atoms with Gasteiger partial charge in [-0.3, -0.25) is 4.79 Å². The van der Waals surface area contributed by atoms with Crippen LogP contribution in [0.2, 0.25) is 0 Å². The molecule has 2 rings (SSSR count). The van der Waals surface area contributed by atoms with Crippen molar-refractivity contribution in [2.45, 2.75) is 26.4 Å². The molecule has 4 nitrogen and oxygen atoms in total. The van der Waals surface area contributed by atoms with Gasteiger partial charge in [-0.15, -0.1) is 0 Å². The molecule has 0 aliphatic rings. The first-order valence-corrected chi connectivity index (χ1v) is 8.49. The van der Waals surface area contributed by atoms with E-state index in [-0.39, 0.29) is 5.91 Å². The van der Waals surface area contributed by atoms with Crippen molar-refractivity contribution in [2.24, 2.45) is 0 Å². The summed E-state index contributed by atoms with van der Waals surface area (Å²) in [5.41, 5.74) is 1.83. The molecule has 0 unspecified atom stereocenters. The monoisotopic (exact) mass is 425 g/mol. The maximum atomic E-state index is 12.5. The van der Waals surface area contributed by atoms with Crippen molar-refractivity contribution >= 4 is 34.2 Å². The van der Waals surface area contributed by atoms with Gasteiger partial charge < -0.3 is 14.8 Å². The lowest BCUT2D eigenvalue weighted by atomic mass is 10.2. The van der Waals surface area contributed by atoms with Crippen molar-refractivity contribution in [3.8, 4) is 11.5 Å². The van der Waals surface area contributed by atoms with E-state index < -0.39 is 6.10 Å². The molecule has 0 spiro atoms. The molecule has 2 aromatic carbocycles. The summed E-state index contributed by atoms with van der Waals surface area (Å²) in [6, 6.07) is 13.2. The first-order chi connectivity index (χ1) is 11.0. The Morgan fingerprint density at radius 3 is 2.52 bits per heavy atom. The number of benzene rings is 2. The zero-order valence-corrected chi connectivity index (χ0v) is 15.6. The fourth-order valence-corrected chi connectivity index (χ4v) is 2.82. The van der Waals surface area contributed by atoms with Crippen LogP contribution in [-0.4, -0.2) is 19.1 Å². The summed E-state index contributed by atoms with van der Waals surface area (Å²) in [6.07, 6.45) is -0.0159. The predicted molar refractivity (Wildman–Crippen MR) is 100 cm³/mol. The quantitative estimate of drug-likeness (QED) is 0.698. The second-order valence-corrected chi connectivity index (χ2v) is 6.36. The minimum atomic E-state index is -0.579. The lowest BCUT2D eigenvalue weighted by Crippen LogP contribution is -2.32. The van der Waals surface area contributed by atoms with Gasteiger partial charge in [0.25, 0.3) is 5.91 Å². The van der Waals surface area contributed by atoms with E-state index >= 15 is 0 Å². The summed E-state index contributed by atoms with van der Waals surface area (Å²) in [4.78, 5) is 12.5. The van der Waals surface area contributed by atoms with Crippen molar-refractivity contribution in [3.63, 3.8) is 0 Å². The molecular formula is C18H20INO3. The van der Waals surface area contributed by atoms with Crippen molar-refractivity contribution in [2.75, 3.05) is 12.4 Å². The van der Waals surface area contributed by atoms with Gasteiger partial charge in [0.1, 0.15) is 0 Å². The van der Waals surface area contributed by atoms with E-state index in [2.05, 4.69) is 27.9 Å². The van der Waals surface area contributed by atoms with Crippen LogP contribution in [0.25, 0.3) is 0 Å². The number of amides is 1. The summed E-state index contributed by atoms with van der Waals surface area (Å²) in [5, 5.41) is 2.94. The zero-order chi connectivity index (χ0) is 16.8. The van der Waals surface area contributed by atoms with Crippen LogP contribution in [0.5, 0.6) is 11.5 Å². The van der Waals surface area contributed by atoms with E-state index in [1.807, 2.05) is 50.2 Å². The molecule has 2 aromatic rings. The largest absolute Gasteiger partial charge is 0.493 e. The molecule has 5 heteroatoms. The Kier molecular flexibility index (Phi) is 6.27. The van der Waals surface area contributed by atoms with E-state index in [9.17, 15) is 4.79 Å². The van der Waals surface area contributed by atoms with Crippen LogP contribution in [0, 0.1) is 10.5 Å². The zero-order valence-electron chi connectivity index (χ0n) is 13.4. The maximum Gasteiger partial charge on any atom is 0.265 e. The second-order valence-electron chi connectivity index (χ2n) is 5.11. The third kappa shape index (κ3) is 4.60. The number of carbonyl (C=O) groups excluding carboxylic acids is 1. The lowest BCUT2D eigenvalue weighted by molar-refractivity contribution is -0.122. The van der Waals surface area contributed by atoms with Crippen LogP contribution in [0.4, 0.5) is 5.69 Å². The number of nitrogens with one attached hydrogen (secondary N) is 1. The number of ether oxygens (including phenoxy) is 2. The van der Waals surface area contributed by atoms with Crippen LogP contribution in [-0.2, 0) is 4.79 Å². The Hall–Kier alpha value is -1.76. The molecule has 0 saturated carbocycles. The number of rotatable bonds is 6. The molecular weight excluding hydrogens is 405 g/mol. The minimum absolute atomic E-state index is 0.164. The summed E-state index contributed by atoms with van der Waals surface area (Å²) >= 11 is 2.25. The maximum absolute atomic E-state index is 12.5. The Bertz CT molecular complexity index is 688. The third-order valence-electron chi connectivity index (χ3n) is 3.45. The standard InChI is InChI=1S/C18H20INO3/c1-4-15(23-17-8-6-5-7-16(17)22-3)18(21)20-14-10-9-13(19)11-12(14)2/h5-11,15H,4H2,1-3H3,(H,20,21)/t15-/m1/s1. The van der Waals surface area contributed by atoms with Crippen LogP contribution < -0.4 is 14.8 Å². The van der Waals surface area contributed by atoms with Gasteiger partial charge in [0, 0.05) is 9.26 Å². The molecule has 0 radical (unpaired) electrons. The fraction of sp³-hybridized carbons (Fsp3) is 0.278. The molecule has 122 valence electrons. The van der Waals surface area contributed by atoms with Gasteiger partial charge in [-0.05, 0) is 71.8 Å². The molecule has 0 saturated heterocycles. The molecule has 1 N–H and O–H groups in total. The topological polar surface area (TPSA) is 47.6 Å². The highest BCUT2D eigenvalue weighted by atomic mass is 127. The number of hydrogen-bond donors (Lipinski definition) is 1. The van der Waals surface area contributed by atoms with Gasteiger partial charge in [-0.1, -0.05) is 19.1 Å². The van der Waals surface area contributed by atoms with Gasteiger partial charge in [0.05, 0.1) is 7.11 Å². The highest BCUT2D eigenvalue weighted by Crippen LogP contribution is 2.27. The molecule has 0 fully saturated rings. The number of halogens is 1. The first kappa shape index (κ1) is 17.6. The van der Waals surface area contributed by atoms with Gasteiger partial charge in [0.15, 0.2) is 17.6 Å². The van der Waals surface area contributed by atoms with Crippen molar-refractivity contribution in [3.05, 3.63) is 51.6 Å². The van der Waals surface area contributed by atoms with E-state index in [1.165, 1.54) is 0 Å². The smallest absolute Gasteiger partial charge is 0.265 e. The molecule has 0 heterocycles.